The molecule has 0 unspecified atom stereocenters. The molecular weight excluding hydrogens is 284 g/mol. The lowest BCUT2D eigenvalue weighted by Gasteiger charge is -2.21. The smallest absolute Gasteiger partial charge is 0.292 e. The van der Waals surface area contributed by atoms with Gasteiger partial charge in [-0.1, -0.05) is 13.8 Å². The van der Waals surface area contributed by atoms with Crippen LogP contribution in [-0.2, 0) is 11.3 Å². The molecule has 0 spiro atoms. The third-order valence-electron chi connectivity index (χ3n) is 3.23. The highest BCUT2D eigenvalue weighted by atomic mass is 16.5. The molecule has 0 atom stereocenters. The number of ether oxygens (including phenoxy) is 1. The first-order chi connectivity index (χ1) is 10.6. The Hall–Kier alpha value is -1.82. The van der Waals surface area contributed by atoms with E-state index in [9.17, 15) is 9.59 Å². The number of amides is 1. The van der Waals surface area contributed by atoms with Crippen LogP contribution in [0.15, 0.2) is 23.1 Å². The quantitative estimate of drug-likeness (QED) is 0.706. The van der Waals surface area contributed by atoms with Gasteiger partial charge in [-0.25, -0.2) is 0 Å². The summed E-state index contributed by atoms with van der Waals surface area (Å²) in [5.41, 5.74) is -0.277. The minimum absolute atomic E-state index is 0.0268. The fourth-order valence-electron chi connectivity index (χ4n) is 2.17. The topological polar surface area (TPSA) is 71.8 Å². The van der Waals surface area contributed by atoms with Gasteiger partial charge in [-0.05, 0) is 31.4 Å². The summed E-state index contributed by atoms with van der Waals surface area (Å²) in [6, 6.07) is 3.27. The molecule has 0 saturated heterocycles. The lowest BCUT2D eigenvalue weighted by atomic mass is 10.3. The monoisotopic (exact) mass is 310 g/mol. The van der Waals surface area contributed by atoms with Crippen molar-refractivity contribution in [3.8, 4) is 5.75 Å². The first kappa shape index (κ1) is 18.2. The maximum absolute atomic E-state index is 12.1. The highest BCUT2D eigenvalue weighted by Gasteiger charge is 2.13. The number of hydrogen-bond donors (Lipinski definition) is 1. The largest absolute Gasteiger partial charge is 0.478 e. The zero-order valence-corrected chi connectivity index (χ0v) is 13.5. The summed E-state index contributed by atoms with van der Waals surface area (Å²) in [6.07, 6.45) is 3.94. The normalized spacial score (nSPS) is 10.5. The Morgan fingerprint density at radius 3 is 2.59 bits per heavy atom. The number of carbonyl (C=O) groups excluding carboxylic acids is 1. The molecule has 1 rings (SSSR count). The van der Waals surface area contributed by atoms with Gasteiger partial charge >= 0.3 is 0 Å². The number of pyridine rings is 1. The van der Waals surface area contributed by atoms with Crippen molar-refractivity contribution in [3.63, 3.8) is 0 Å². The van der Waals surface area contributed by atoms with Gasteiger partial charge in [0.2, 0.25) is 0 Å². The van der Waals surface area contributed by atoms with Crippen molar-refractivity contribution in [2.45, 2.75) is 39.7 Å². The Bertz CT molecular complexity index is 507. The van der Waals surface area contributed by atoms with E-state index in [1.165, 1.54) is 4.57 Å². The van der Waals surface area contributed by atoms with Crippen molar-refractivity contribution in [1.29, 1.82) is 0 Å². The number of rotatable bonds is 10. The van der Waals surface area contributed by atoms with E-state index in [4.69, 9.17) is 9.84 Å². The second-order valence-electron chi connectivity index (χ2n) is 5.12. The minimum Gasteiger partial charge on any atom is -0.478 e. The van der Waals surface area contributed by atoms with Crippen LogP contribution in [0.25, 0.3) is 0 Å². The standard InChI is InChI=1S/C16H26N2O4/c1-3-8-17(9-4-2)15(20)13-22-14-7-5-10-18(16(14)21)11-6-12-19/h5,7,10,19H,3-4,6,8-9,11-13H2,1-2H3. The summed E-state index contributed by atoms with van der Waals surface area (Å²) < 4.78 is 6.88. The van der Waals surface area contributed by atoms with Crippen LogP contribution in [0.2, 0.25) is 0 Å². The Morgan fingerprint density at radius 2 is 2.00 bits per heavy atom. The van der Waals surface area contributed by atoms with E-state index in [-0.39, 0.29) is 30.4 Å². The lowest BCUT2D eigenvalue weighted by molar-refractivity contribution is -0.133. The Labute approximate surface area is 131 Å². The van der Waals surface area contributed by atoms with Crippen molar-refractivity contribution in [3.05, 3.63) is 28.7 Å². The van der Waals surface area contributed by atoms with Crippen molar-refractivity contribution in [1.82, 2.24) is 9.47 Å². The summed E-state index contributed by atoms with van der Waals surface area (Å²) >= 11 is 0. The van der Waals surface area contributed by atoms with Gasteiger partial charge in [-0.3, -0.25) is 9.59 Å². The van der Waals surface area contributed by atoms with E-state index in [0.717, 1.165) is 12.8 Å². The van der Waals surface area contributed by atoms with Crippen LogP contribution < -0.4 is 10.3 Å². The van der Waals surface area contributed by atoms with Crippen LogP contribution in [0.3, 0.4) is 0 Å². The molecule has 0 aromatic carbocycles. The molecule has 0 saturated carbocycles. The molecule has 1 heterocycles. The van der Waals surface area contributed by atoms with Crippen molar-refractivity contribution in [2.75, 3.05) is 26.3 Å². The highest BCUT2D eigenvalue weighted by molar-refractivity contribution is 5.77. The fourth-order valence-corrected chi connectivity index (χ4v) is 2.17. The molecule has 1 aromatic rings. The number of hydrogen-bond acceptors (Lipinski definition) is 4. The maximum atomic E-state index is 12.1. The number of aliphatic hydroxyl groups is 1. The third kappa shape index (κ3) is 5.52. The van der Waals surface area contributed by atoms with E-state index >= 15 is 0 Å². The molecule has 1 aromatic heterocycles. The molecule has 22 heavy (non-hydrogen) atoms. The second-order valence-corrected chi connectivity index (χ2v) is 5.12. The molecule has 1 N–H and O–H groups in total. The zero-order valence-electron chi connectivity index (χ0n) is 13.5. The molecule has 0 fully saturated rings. The molecule has 0 aliphatic carbocycles. The van der Waals surface area contributed by atoms with Crippen LogP contribution in [0.5, 0.6) is 5.75 Å². The van der Waals surface area contributed by atoms with Crippen molar-refractivity contribution in [2.24, 2.45) is 0 Å². The average molecular weight is 310 g/mol. The first-order valence-electron chi connectivity index (χ1n) is 7.84. The van der Waals surface area contributed by atoms with Crippen LogP contribution >= 0.6 is 0 Å². The van der Waals surface area contributed by atoms with Gasteiger partial charge in [0, 0.05) is 32.4 Å². The summed E-state index contributed by atoms with van der Waals surface area (Å²) in [4.78, 5) is 26.0. The van der Waals surface area contributed by atoms with Gasteiger partial charge in [0.15, 0.2) is 12.4 Å². The summed E-state index contributed by atoms with van der Waals surface area (Å²) in [6.45, 7) is 5.77. The van der Waals surface area contributed by atoms with E-state index < -0.39 is 0 Å². The molecule has 6 heteroatoms. The number of aliphatic hydroxyl groups excluding tert-OH is 1. The molecule has 124 valence electrons. The van der Waals surface area contributed by atoms with E-state index in [1.54, 1.807) is 23.2 Å². The van der Waals surface area contributed by atoms with Gasteiger partial charge in [0.05, 0.1) is 0 Å². The molecule has 6 nitrogen and oxygen atoms in total. The second kappa shape index (κ2) is 10.00. The van der Waals surface area contributed by atoms with Crippen molar-refractivity contribution < 1.29 is 14.6 Å². The zero-order chi connectivity index (χ0) is 16.4. The summed E-state index contributed by atoms with van der Waals surface area (Å²) in [5, 5.41) is 8.83. The van der Waals surface area contributed by atoms with E-state index in [2.05, 4.69) is 0 Å². The van der Waals surface area contributed by atoms with E-state index in [1.807, 2.05) is 13.8 Å². The van der Waals surface area contributed by atoms with E-state index in [0.29, 0.717) is 26.1 Å². The molecule has 0 aliphatic rings. The molecular formula is C16H26N2O4. The molecule has 0 aliphatic heterocycles. The fraction of sp³-hybridized carbons (Fsp3) is 0.625. The number of aryl methyl sites for hydroxylation is 1. The van der Waals surface area contributed by atoms with Gasteiger partial charge in [-0.2, -0.15) is 0 Å². The lowest BCUT2D eigenvalue weighted by Crippen LogP contribution is -2.36. The molecule has 0 radical (unpaired) electrons. The van der Waals surface area contributed by atoms with Crippen LogP contribution in [0.1, 0.15) is 33.1 Å². The van der Waals surface area contributed by atoms with Crippen LogP contribution in [0, 0.1) is 0 Å². The predicted molar refractivity (Wildman–Crippen MR) is 85.1 cm³/mol. The minimum atomic E-state index is -0.277. The Kier molecular flexibility index (Phi) is 8.28. The molecule has 1 amide bonds. The highest BCUT2D eigenvalue weighted by Crippen LogP contribution is 2.04. The SMILES string of the molecule is CCCN(CCC)C(=O)COc1cccn(CCCO)c1=O. The van der Waals surface area contributed by atoms with Gasteiger partial charge in [-0.15, -0.1) is 0 Å². The maximum Gasteiger partial charge on any atom is 0.292 e. The van der Waals surface area contributed by atoms with Crippen molar-refractivity contribution >= 4 is 5.91 Å². The average Bonchev–Trinajstić information content (AvgIpc) is 2.52. The summed E-state index contributed by atoms with van der Waals surface area (Å²) in [7, 11) is 0. The Balaban J connectivity index is 2.67. The summed E-state index contributed by atoms with van der Waals surface area (Å²) in [5.74, 6) is 0.0654. The number of nitrogens with zero attached hydrogens (tertiary/aromatic N) is 2. The number of aromatic nitrogens is 1. The van der Waals surface area contributed by atoms with Gasteiger partial charge in [0.25, 0.3) is 11.5 Å². The first-order valence-corrected chi connectivity index (χ1v) is 7.84. The Morgan fingerprint density at radius 1 is 1.32 bits per heavy atom. The molecule has 0 bridgehead atoms. The van der Waals surface area contributed by atoms with Gasteiger partial charge < -0.3 is 19.3 Å². The van der Waals surface area contributed by atoms with Crippen LogP contribution in [0.4, 0.5) is 0 Å². The third-order valence-corrected chi connectivity index (χ3v) is 3.23. The number of carbonyl (C=O) groups is 1. The van der Waals surface area contributed by atoms with Crippen LogP contribution in [-0.4, -0.2) is 46.8 Å². The van der Waals surface area contributed by atoms with Gasteiger partial charge in [0.1, 0.15) is 0 Å². The predicted octanol–water partition coefficient (Wildman–Crippen LogP) is 1.26.